The molecule has 0 heterocycles. The molecule has 0 spiro atoms. The van der Waals surface area contributed by atoms with E-state index in [1.165, 1.54) is 0 Å². The molecule has 0 saturated heterocycles. The van der Waals surface area contributed by atoms with E-state index in [0.717, 1.165) is 56.9 Å². The van der Waals surface area contributed by atoms with Gasteiger partial charge in [-0.15, -0.1) is 0 Å². The summed E-state index contributed by atoms with van der Waals surface area (Å²) in [7, 11) is 0. The summed E-state index contributed by atoms with van der Waals surface area (Å²) in [5.41, 5.74) is 3.47. The van der Waals surface area contributed by atoms with Gasteiger partial charge in [-0.05, 0) is 97.4 Å². The molecule has 0 bridgehead atoms. The van der Waals surface area contributed by atoms with Crippen LogP contribution in [0.3, 0.4) is 0 Å². The molecule has 0 N–H and O–H groups in total. The van der Waals surface area contributed by atoms with Gasteiger partial charge >= 0.3 is 0 Å². The van der Waals surface area contributed by atoms with Crippen LogP contribution in [0, 0.1) is 29.2 Å². The number of rotatable bonds is 9. The lowest BCUT2D eigenvalue weighted by Crippen LogP contribution is -2.16. The van der Waals surface area contributed by atoms with E-state index in [9.17, 15) is 17.6 Å². The molecular weight excluding hydrogens is 460 g/mol. The van der Waals surface area contributed by atoms with Crippen molar-refractivity contribution in [1.29, 1.82) is 0 Å². The van der Waals surface area contributed by atoms with Crippen molar-refractivity contribution in [3.05, 3.63) is 94.1 Å². The Balaban J connectivity index is 1.34. The molecule has 3 aromatic carbocycles. The molecule has 0 radical (unpaired) electrons. The molecular formula is C32H36F4. The topological polar surface area (TPSA) is 0 Å². The van der Waals surface area contributed by atoms with Crippen molar-refractivity contribution in [2.75, 3.05) is 0 Å². The Morgan fingerprint density at radius 3 is 1.97 bits per heavy atom. The molecule has 1 aliphatic rings. The van der Waals surface area contributed by atoms with Gasteiger partial charge in [-0.2, -0.15) is 0 Å². The molecule has 192 valence electrons. The molecule has 1 aliphatic carbocycles. The van der Waals surface area contributed by atoms with Crippen LogP contribution in [-0.4, -0.2) is 0 Å². The summed E-state index contributed by atoms with van der Waals surface area (Å²) < 4.78 is 59.0. The lowest BCUT2D eigenvalue weighted by molar-refractivity contribution is 0.303. The Hall–Kier alpha value is -2.62. The Bertz CT molecular complexity index is 1160. The summed E-state index contributed by atoms with van der Waals surface area (Å²) in [4.78, 5) is 0. The molecule has 1 fully saturated rings. The maximum Gasteiger partial charge on any atom is 0.166 e. The minimum absolute atomic E-state index is 0.0172. The van der Waals surface area contributed by atoms with Gasteiger partial charge in [-0.25, -0.2) is 17.6 Å². The van der Waals surface area contributed by atoms with Gasteiger partial charge in [0.1, 0.15) is 0 Å². The maximum absolute atomic E-state index is 14.9. The fourth-order valence-corrected chi connectivity index (χ4v) is 5.53. The summed E-state index contributed by atoms with van der Waals surface area (Å²) in [6.07, 6.45) is 7.84. The quantitative estimate of drug-likeness (QED) is 0.259. The number of hydrogen-bond donors (Lipinski definition) is 0. The number of unbranched alkanes of at least 4 members (excludes halogenated alkanes) is 1. The fraction of sp³-hybridized carbons (Fsp3) is 0.438. The number of hydrogen-bond acceptors (Lipinski definition) is 0. The second-order valence-corrected chi connectivity index (χ2v) is 10.3. The summed E-state index contributed by atoms with van der Waals surface area (Å²) in [6.45, 7) is 4.09. The first-order chi connectivity index (χ1) is 17.4. The number of halogens is 4. The molecule has 0 aliphatic heterocycles. The first kappa shape index (κ1) is 26.4. The second kappa shape index (κ2) is 12.1. The van der Waals surface area contributed by atoms with Gasteiger partial charge in [0.05, 0.1) is 0 Å². The Labute approximate surface area is 212 Å². The standard InChI is InChI=1S/C32H36F4/c1-3-5-6-25-17-19-27(31(35)29(25)33)24-14-9-22(10-15-24)11-16-26-18-20-28(32(36)30(26)34)23-12-7-21(4-2)8-13-23/h7-8,12-13,17-20,22,24H,3-6,9-11,14-16H2,1-2H3. The highest BCUT2D eigenvalue weighted by atomic mass is 19.2. The molecule has 0 amide bonds. The SMILES string of the molecule is CCCCc1ccc(C2CCC(CCc3ccc(-c4ccc(CC)cc4)c(F)c3F)CC2)c(F)c1F. The van der Waals surface area contributed by atoms with Gasteiger partial charge in [0, 0.05) is 5.56 Å². The zero-order valence-corrected chi connectivity index (χ0v) is 21.4. The van der Waals surface area contributed by atoms with Crippen molar-refractivity contribution in [3.63, 3.8) is 0 Å². The van der Waals surface area contributed by atoms with Crippen LogP contribution in [0.1, 0.15) is 87.0 Å². The van der Waals surface area contributed by atoms with E-state index in [2.05, 4.69) is 6.92 Å². The van der Waals surface area contributed by atoms with Gasteiger partial charge in [-0.3, -0.25) is 0 Å². The Kier molecular flexibility index (Phi) is 8.87. The normalized spacial score (nSPS) is 17.9. The fourth-order valence-electron chi connectivity index (χ4n) is 5.53. The number of benzene rings is 3. The Morgan fingerprint density at radius 1 is 0.667 bits per heavy atom. The zero-order valence-electron chi connectivity index (χ0n) is 21.4. The third-order valence-corrected chi connectivity index (χ3v) is 7.94. The minimum atomic E-state index is -0.791. The summed E-state index contributed by atoms with van der Waals surface area (Å²) in [5.74, 6) is -2.54. The van der Waals surface area contributed by atoms with Gasteiger partial charge in [-0.1, -0.05) is 68.8 Å². The van der Waals surface area contributed by atoms with Crippen LogP contribution in [0.4, 0.5) is 17.6 Å². The molecule has 0 nitrogen and oxygen atoms in total. The third kappa shape index (κ3) is 5.85. The van der Waals surface area contributed by atoms with Gasteiger partial charge in [0.2, 0.25) is 0 Å². The van der Waals surface area contributed by atoms with Crippen LogP contribution >= 0.6 is 0 Å². The van der Waals surface area contributed by atoms with E-state index < -0.39 is 23.3 Å². The molecule has 4 rings (SSSR count). The average molecular weight is 497 g/mol. The van der Waals surface area contributed by atoms with Crippen LogP contribution in [0.2, 0.25) is 0 Å². The predicted octanol–water partition coefficient (Wildman–Crippen LogP) is 9.72. The molecule has 0 atom stereocenters. The predicted molar refractivity (Wildman–Crippen MR) is 139 cm³/mol. The summed E-state index contributed by atoms with van der Waals surface area (Å²) in [5, 5.41) is 0. The monoisotopic (exact) mass is 496 g/mol. The lowest BCUT2D eigenvalue weighted by atomic mass is 9.76. The largest absolute Gasteiger partial charge is 0.203 e. The summed E-state index contributed by atoms with van der Waals surface area (Å²) in [6, 6.07) is 14.4. The lowest BCUT2D eigenvalue weighted by Gasteiger charge is -2.29. The molecule has 0 unspecified atom stereocenters. The van der Waals surface area contributed by atoms with Crippen LogP contribution < -0.4 is 0 Å². The molecule has 0 aromatic heterocycles. The smallest absolute Gasteiger partial charge is 0.166 e. The van der Waals surface area contributed by atoms with E-state index >= 15 is 0 Å². The minimum Gasteiger partial charge on any atom is -0.203 e. The van der Waals surface area contributed by atoms with Crippen LogP contribution in [0.5, 0.6) is 0 Å². The molecule has 36 heavy (non-hydrogen) atoms. The van der Waals surface area contributed by atoms with Crippen LogP contribution in [-0.2, 0) is 19.3 Å². The van der Waals surface area contributed by atoms with Crippen LogP contribution in [0.15, 0.2) is 48.5 Å². The van der Waals surface area contributed by atoms with Crippen molar-refractivity contribution in [3.8, 4) is 11.1 Å². The number of aryl methyl sites for hydroxylation is 3. The first-order valence-corrected chi connectivity index (χ1v) is 13.5. The van der Waals surface area contributed by atoms with Gasteiger partial charge in [0.25, 0.3) is 0 Å². The van der Waals surface area contributed by atoms with Crippen molar-refractivity contribution in [2.45, 2.75) is 84.0 Å². The van der Waals surface area contributed by atoms with Crippen molar-refractivity contribution in [2.24, 2.45) is 5.92 Å². The highest BCUT2D eigenvalue weighted by molar-refractivity contribution is 5.65. The van der Waals surface area contributed by atoms with E-state index in [4.69, 9.17) is 0 Å². The van der Waals surface area contributed by atoms with E-state index in [1.54, 1.807) is 24.3 Å². The molecule has 4 heteroatoms. The van der Waals surface area contributed by atoms with E-state index in [0.29, 0.717) is 41.0 Å². The molecule has 1 saturated carbocycles. The van der Waals surface area contributed by atoms with Crippen molar-refractivity contribution in [1.82, 2.24) is 0 Å². The third-order valence-electron chi connectivity index (χ3n) is 7.94. The highest BCUT2D eigenvalue weighted by Crippen LogP contribution is 2.39. The highest BCUT2D eigenvalue weighted by Gasteiger charge is 2.26. The molecule has 3 aromatic rings. The van der Waals surface area contributed by atoms with Crippen LogP contribution in [0.25, 0.3) is 11.1 Å². The average Bonchev–Trinajstić information content (AvgIpc) is 2.91. The van der Waals surface area contributed by atoms with Gasteiger partial charge in [0.15, 0.2) is 23.3 Å². The van der Waals surface area contributed by atoms with E-state index in [-0.39, 0.29) is 11.5 Å². The van der Waals surface area contributed by atoms with Gasteiger partial charge < -0.3 is 0 Å². The first-order valence-electron chi connectivity index (χ1n) is 13.5. The Morgan fingerprint density at radius 2 is 1.31 bits per heavy atom. The summed E-state index contributed by atoms with van der Waals surface area (Å²) >= 11 is 0. The zero-order chi connectivity index (χ0) is 25.7. The van der Waals surface area contributed by atoms with Crippen molar-refractivity contribution < 1.29 is 17.6 Å². The van der Waals surface area contributed by atoms with Crippen molar-refractivity contribution >= 4 is 0 Å². The van der Waals surface area contributed by atoms with E-state index in [1.807, 2.05) is 31.2 Å². The maximum atomic E-state index is 14.9. The second-order valence-electron chi connectivity index (χ2n) is 10.3.